The molecule has 0 unspecified atom stereocenters. The zero-order valence-corrected chi connectivity index (χ0v) is 19.5. The maximum atomic E-state index is 10.1. The normalized spacial score (nSPS) is 21.9. The quantitative estimate of drug-likeness (QED) is 0.507. The molecule has 2 N–H and O–H groups in total. The third-order valence-corrected chi connectivity index (χ3v) is 7.50. The van der Waals surface area contributed by atoms with Gasteiger partial charge < -0.3 is 15.3 Å². The zero-order chi connectivity index (χ0) is 22.5. The number of anilines is 1. The largest absolute Gasteiger partial charge is 0.508 e. The number of nitrogens with zero attached hydrogens (tertiary/aromatic N) is 1. The van der Waals surface area contributed by atoms with Crippen LogP contribution in [0.15, 0.2) is 72.8 Å². The highest BCUT2D eigenvalue weighted by Crippen LogP contribution is 2.47. The first-order valence-corrected chi connectivity index (χ1v) is 12.7. The molecular weight excluding hydrogens is 404 g/mol. The highest BCUT2D eigenvalue weighted by molar-refractivity contribution is 5.52. The Bertz CT molecular complexity index is 1020. The summed E-state index contributed by atoms with van der Waals surface area (Å²) >= 11 is 0. The van der Waals surface area contributed by atoms with Crippen molar-refractivity contribution >= 4 is 5.69 Å². The zero-order valence-electron chi connectivity index (χ0n) is 19.5. The van der Waals surface area contributed by atoms with Crippen LogP contribution in [0.4, 0.5) is 5.69 Å². The number of fused-ring (bicyclic) bond motifs is 1. The van der Waals surface area contributed by atoms with Crippen molar-refractivity contribution in [2.24, 2.45) is 0 Å². The molecule has 0 bridgehead atoms. The molecule has 0 spiro atoms. The second kappa shape index (κ2) is 10.4. The summed E-state index contributed by atoms with van der Waals surface area (Å²) in [7, 11) is 0. The molecule has 2 aliphatic rings. The highest BCUT2D eigenvalue weighted by atomic mass is 16.3. The fourth-order valence-electron chi connectivity index (χ4n) is 5.79. The van der Waals surface area contributed by atoms with Gasteiger partial charge in [0.05, 0.1) is 0 Å². The van der Waals surface area contributed by atoms with Crippen LogP contribution in [-0.4, -0.2) is 31.3 Å². The predicted molar refractivity (Wildman–Crippen MR) is 137 cm³/mol. The predicted octanol–water partition coefficient (Wildman–Crippen LogP) is 6.22. The maximum absolute atomic E-state index is 10.1. The molecule has 1 aliphatic heterocycles. The summed E-state index contributed by atoms with van der Waals surface area (Å²) in [5.41, 5.74) is 6.79. The van der Waals surface area contributed by atoms with E-state index in [-0.39, 0.29) is 0 Å². The van der Waals surface area contributed by atoms with Crippen LogP contribution in [0.3, 0.4) is 0 Å². The third-order valence-electron chi connectivity index (χ3n) is 7.50. The summed E-state index contributed by atoms with van der Waals surface area (Å²) in [4.78, 5) is 2.57. The fraction of sp³-hybridized carbons (Fsp3) is 0.400. The van der Waals surface area contributed by atoms with E-state index < -0.39 is 0 Å². The molecule has 0 amide bonds. The molecule has 0 saturated carbocycles. The lowest BCUT2D eigenvalue weighted by molar-refractivity contribution is 0.469. The number of nitrogens with one attached hydrogen (secondary N) is 1. The number of phenols is 1. The highest BCUT2D eigenvalue weighted by Gasteiger charge is 2.32. The van der Waals surface area contributed by atoms with E-state index in [0.717, 1.165) is 39.0 Å². The minimum Gasteiger partial charge on any atom is -0.508 e. The molecule has 1 fully saturated rings. The SMILES string of the molecule is Oc1ccc2c(c1)CC[C@H](c1ccccc1)[C@@H]2c1ccc(N2CCCCCNCCC2)cc1. The van der Waals surface area contributed by atoms with E-state index in [2.05, 4.69) is 70.9 Å². The molecule has 1 aliphatic carbocycles. The number of phenolic OH excluding ortho intramolecular Hbond substituents is 1. The number of hydrogen-bond acceptors (Lipinski definition) is 3. The van der Waals surface area contributed by atoms with Gasteiger partial charge >= 0.3 is 0 Å². The summed E-state index contributed by atoms with van der Waals surface area (Å²) in [5.74, 6) is 1.14. The van der Waals surface area contributed by atoms with Crippen molar-refractivity contribution in [1.82, 2.24) is 5.32 Å². The Kier molecular flexibility index (Phi) is 6.97. The average Bonchev–Trinajstić information content (AvgIpc) is 2.87. The lowest BCUT2D eigenvalue weighted by Gasteiger charge is -2.35. The molecule has 33 heavy (non-hydrogen) atoms. The Balaban J connectivity index is 1.45. The summed E-state index contributed by atoms with van der Waals surface area (Å²) in [6.07, 6.45) is 7.15. The second-order valence-corrected chi connectivity index (χ2v) is 9.66. The van der Waals surface area contributed by atoms with Gasteiger partial charge in [-0.25, -0.2) is 0 Å². The first-order chi connectivity index (χ1) is 16.3. The minimum absolute atomic E-state index is 0.314. The first-order valence-electron chi connectivity index (χ1n) is 12.7. The van der Waals surface area contributed by atoms with Crippen LogP contribution in [0.1, 0.15) is 66.2 Å². The van der Waals surface area contributed by atoms with Gasteiger partial charge in [-0.2, -0.15) is 0 Å². The molecule has 0 radical (unpaired) electrons. The topological polar surface area (TPSA) is 35.5 Å². The molecule has 1 saturated heterocycles. The summed E-state index contributed by atoms with van der Waals surface area (Å²) < 4.78 is 0. The number of aromatic hydroxyl groups is 1. The maximum Gasteiger partial charge on any atom is 0.115 e. The van der Waals surface area contributed by atoms with Crippen molar-refractivity contribution in [3.8, 4) is 5.75 Å². The van der Waals surface area contributed by atoms with Crippen molar-refractivity contribution in [2.75, 3.05) is 31.1 Å². The Morgan fingerprint density at radius 3 is 2.39 bits per heavy atom. The van der Waals surface area contributed by atoms with E-state index in [1.165, 1.54) is 53.6 Å². The lowest BCUT2D eigenvalue weighted by Crippen LogP contribution is -2.30. The van der Waals surface area contributed by atoms with Crippen LogP contribution in [0.5, 0.6) is 5.75 Å². The van der Waals surface area contributed by atoms with Gasteiger partial charge in [-0.1, -0.05) is 55.0 Å². The van der Waals surface area contributed by atoms with Gasteiger partial charge in [0, 0.05) is 24.7 Å². The van der Waals surface area contributed by atoms with E-state index in [1.807, 2.05) is 12.1 Å². The van der Waals surface area contributed by atoms with Crippen molar-refractivity contribution in [2.45, 2.75) is 50.4 Å². The van der Waals surface area contributed by atoms with Gasteiger partial charge in [0.15, 0.2) is 0 Å². The second-order valence-electron chi connectivity index (χ2n) is 9.66. The van der Waals surface area contributed by atoms with Crippen LogP contribution in [0.25, 0.3) is 0 Å². The molecular formula is C30H36N2O. The van der Waals surface area contributed by atoms with E-state index >= 15 is 0 Å². The molecule has 2 atom stereocenters. The van der Waals surface area contributed by atoms with Crippen molar-refractivity contribution in [1.29, 1.82) is 0 Å². The molecule has 3 heteroatoms. The van der Waals surface area contributed by atoms with E-state index in [4.69, 9.17) is 0 Å². The average molecular weight is 441 g/mol. The standard InChI is InChI=1S/C30H36N2O/c33-27-15-17-29-25(22-27)12-16-28(23-8-3-1-4-9-23)30(29)24-10-13-26(14-11-24)32-20-6-2-5-18-31-19-7-21-32/h1,3-4,8-11,13-15,17,22,28,30-31,33H,2,5-7,12,16,18-21H2/t28-,30+/m1/s1. The van der Waals surface area contributed by atoms with Gasteiger partial charge in [0.2, 0.25) is 0 Å². The van der Waals surface area contributed by atoms with Crippen LogP contribution in [0.2, 0.25) is 0 Å². The Labute approximate surface area is 198 Å². The van der Waals surface area contributed by atoms with Gasteiger partial charge in [0.25, 0.3) is 0 Å². The summed E-state index contributed by atoms with van der Waals surface area (Å²) in [5, 5.41) is 13.6. The summed E-state index contributed by atoms with van der Waals surface area (Å²) in [6, 6.07) is 26.3. The molecule has 3 aromatic rings. The summed E-state index contributed by atoms with van der Waals surface area (Å²) in [6.45, 7) is 4.54. The number of aryl methyl sites for hydroxylation is 1. The van der Waals surface area contributed by atoms with Crippen LogP contribution < -0.4 is 10.2 Å². The first kappa shape index (κ1) is 22.0. The monoisotopic (exact) mass is 440 g/mol. The molecule has 5 rings (SSSR count). The number of rotatable bonds is 3. The van der Waals surface area contributed by atoms with Gasteiger partial charge in [-0.05, 0) is 97.6 Å². The van der Waals surface area contributed by atoms with Crippen LogP contribution in [-0.2, 0) is 6.42 Å². The molecule has 172 valence electrons. The van der Waals surface area contributed by atoms with Crippen molar-refractivity contribution in [3.63, 3.8) is 0 Å². The Hall–Kier alpha value is -2.78. The number of hydrogen-bond donors (Lipinski definition) is 2. The smallest absolute Gasteiger partial charge is 0.115 e. The Morgan fingerprint density at radius 1 is 0.758 bits per heavy atom. The van der Waals surface area contributed by atoms with Crippen LogP contribution >= 0.6 is 0 Å². The van der Waals surface area contributed by atoms with Crippen LogP contribution in [0, 0.1) is 0 Å². The van der Waals surface area contributed by atoms with Gasteiger partial charge in [0.1, 0.15) is 5.75 Å². The molecule has 3 nitrogen and oxygen atoms in total. The van der Waals surface area contributed by atoms with E-state index in [9.17, 15) is 5.11 Å². The van der Waals surface area contributed by atoms with Crippen molar-refractivity contribution in [3.05, 3.63) is 95.1 Å². The molecule has 0 aromatic heterocycles. The van der Waals surface area contributed by atoms with Gasteiger partial charge in [-0.3, -0.25) is 0 Å². The van der Waals surface area contributed by atoms with E-state index in [1.54, 1.807) is 0 Å². The van der Waals surface area contributed by atoms with E-state index in [0.29, 0.717) is 17.6 Å². The lowest BCUT2D eigenvalue weighted by atomic mass is 9.69. The third kappa shape index (κ3) is 5.09. The number of benzene rings is 3. The molecule has 3 aromatic carbocycles. The van der Waals surface area contributed by atoms with Gasteiger partial charge in [-0.15, -0.1) is 0 Å². The molecule has 1 heterocycles. The minimum atomic E-state index is 0.314. The van der Waals surface area contributed by atoms with Crippen molar-refractivity contribution < 1.29 is 5.11 Å². The Morgan fingerprint density at radius 2 is 1.55 bits per heavy atom. The fourth-order valence-corrected chi connectivity index (χ4v) is 5.79.